The first-order valence-electron chi connectivity index (χ1n) is 15.6. The van der Waals surface area contributed by atoms with Gasteiger partial charge in [0.2, 0.25) is 5.91 Å². The third-order valence-electron chi connectivity index (χ3n) is 9.23. The minimum Gasteiger partial charge on any atom is -0.490 e. The van der Waals surface area contributed by atoms with Gasteiger partial charge in [-0.15, -0.1) is 0 Å². The summed E-state index contributed by atoms with van der Waals surface area (Å²) in [5, 5.41) is 29.6. The summed E-state index contributed by atoms with van der Waals surface area (Å²) >= 11 is 6.84. The molecule has 1 saturated heterocycles. The highest BCUT2D eigenvalue weighted by molar-refractivity contribution is 6.32. The van der Waals surface area contributed by atoms with Gasteiger partial charge in [0.25, 0.3) is 0 Å². The van der Waals surface area contributed by atoms with E-state index in [2.05, 4.69) is 11.1 Å². The number of β-amino-alcohol motifs (C(OH)–C–C–N with tert-alkyl or cyclic N) is 1. The predicted octanol–water partition coefficient (Wildman–Crippen LogP) is 5.34. The van der Waals surface area contributed by atoms with Crippen molar-refractivity contribution in [2.75, 3.05) is 27.2 Å². The van der Waals surface area contributed by atoms with Crippen LogP contribution in [-0.4, -0.2) is 76.3 Å². The number of nitrogens with zero attached hydrogens (tertiary/aromatic N) is 4. The number of carboxylic acid groups (broad SMARTS) is 1. The standard InChI is InChI=1S/C37H39ClN4O6/c1-36(2)29(26-9-6-5-7-10-26)11-8-12-37(36,35(46)41(3)4)23-48-33-16-32(47-22-25-13-24(17-39)18-40-19-25)27(14-30(33)38)20-42-21-28(43)15-31(42)34(44)45/h5-14,16,18-19,28,31,43H,15,20-23H2,1-4H3,(H,44,45)/t28-,31+,37?/m1/s1. The zero-order valence-electron chi connectivity index (χ0n) is 27.4. The largest absolute Gasteiger partial charge is 0.490 e. The average Bonchev–Trinajstić information content (AvgIpc) is 3.44. The number of hydrogen-bond acceptors (Lipinski definition) is 8. The molecule has 1 unspecified atom stereocenters. The molecule has 1 aromatic heterocycles. The van der Waals surface area contributed by atoms with Crippen LogP contribution in [0.5, 0.6) is 11.5 Å². The van der Waals surface area contributed by atoms with Gasteiger partial charge in [-0.1, -0.05) is 74.0 Å². The topological polar surface area (TPSA) is 136 Å². The molecule has 2 aromatic carbocycles. The number of aliphatic hydroxyl groups is 1. The molecule has 2 aliphatic rings. The van der Waals surface area contributed by atoms with Crippen LogP contribution in [-0.2, 0) is 22.7 Å². The number of aliphatic hydroxyl groups excluding tert-OH is 1. The molecule has 0 spiro atoms. The van der Waals surface area contributed by atoms with E-state index in [0.717, 1.165) is 11.1 Å². The van der Waals surface area contributed by atoms with Gasteiger partial charge in [-0.2, -0.15) is 5.26 Å². The van der Waals surface area contributed by atoms with E-state index >= 15 is 0 Å². The molecule has 1 aliphatic heterocycles. The van der Waals surface area contributed by atoms with Gasteiger partial charge in [0.1, 0.15) is 42.2 Å². The summed E-state index contributed by atoms with van der Waals surface area (Å²) < 4.78 is 12.7. The predicted molar refractivity (Wildman–Crippen MR) is 181 cm³/mol. The number of rotatable bonds is 11. The Labute approximate surface area is 285 Å². The van der Waals surface area contributed by atoms with Gasteiger partial charge in [0.05, 0.1) is 16.7 Å². The summed E-state index contributed by atoms with van der Waals surface area (Å²) in [5.74, 6) is -0.505. The maximum absolute atomic E-state index is 14.1. The number of aliphatic carboxylic acids is 1. The Bertz CT molecular complexity index is 1780. The van der Waals surface area contributed by atoms with Crippen molar-refractivity contribution in [3.8, 4) is 17.6 Å². The molecular formula is C37H39ClN4O6. The molecule has 1 fully saturated rings. The number of hydrogen-bond donors (Lipinski definition) is 2. The van der Waals surface area contributed by atoms with Gasteiger partial charge in [0.15, 0.2) is 0 Å². The molecule has 3 atom stereocenters. The first-order chi connectivity index (χ1) is 22.9. The Balaban J connectivity index is 1.50. The molecule has 1 aliphatic carbocycles. The molecular weight excluding hydrogens is 632 g/mol. The van der Waals surface area contributed by atoms with Crippen molar-refractivity contribution >= 4 is 29.1 Å². The number of halogens is 1. The molecule has 11 heteroatoms. The fourth-order valence-corrected chi connectivity index (χ4v) is 6.76. The summed E-state index contributed by atoms with van der Waals surface area (Å²) in [6.07, 6.45) is 8.19. The first-order valence-corrected chi connectivity index (χ1v) is 16.0. The van der Waals surface area contributed by atoms with Crippen LogP contribution in [0.2, 0.25) is 5.02 Å². The fraction of sp³-hybridized carbons (Fsp3) is 0.351. The third-order valence-corrected chi connectivity index (χ3v) is 9.53. The molecule has 250 valence electrons. The zero-order valence-corrected chi connectivity index (χ0v) is 28.1. The molecule has 10 nitrogen and oxygen atoms in total. The van der Waals surface area contributed by atoms with Crippen LogP contribution in [0.25, 0.3) is 5.57 Å². The summed E-state index contributed by atoms with van der Waals surface area (Å²) in [6, 6.07) is 16.1. The second kappa shape index (κ2) is 14.2. The molecule has 1 amide bonds. The van der Waals surface area contributed by atoms with Gasteiger partial charge >= 0.3 is 5.97 Å². The van der Waals surface area contributed by atoms with Crippen LogP contribution in [0.1, 0.15) is 42.5 Å². The highest BCUT2D eigenvalue weighted by atomic mass is 35.5. The van der Waals surface area contributed by atoms with Crippen LogP contribution in [0.3, 0.4) is 0 Å². The van der Waals surface area contributed by atoms with E-state index in [9.17, 15) is 25.1 Å². The van der Waals surface area contributed by atoms with Crippen molar-refractivity contribution < 1.29 is 29.3 Å². The molecule has 2 N–H and O–H groups in total. The maximum Gasteiger partial charge on any atom is 0.321 e. The minimum atomic E-state index is -1.11. The maximum atomic E-state index is 14.1. The molecule has 0 radical (unpaired) electrons. The number of carbonyl (C=O) groups excluding carboxylic acids is 1. The van der Waals surface area contributed by atoms with Crippen LogP contribution in [0.4, 0.5) is 0 Å². The van der Waals surface area contributed by atoms with Crippen LogP contribution < -0.4 is 9.47 Å². The number of carboxylic acids is 1. The Hall–Kier alpha value is -4.69. The Kier molecular flexibility index (Phi) is 10.2. The summed E-state index contributed by atoms with van der Waals surface area (Å²) in [5.41, 5.74) is 1.81. The summed E-state index contributed by atoms with van der Waals surface area (Å²) in [7, 11) is 3.44. The van der Waals surface area contributed by atoms with Gasteiger partial charge in [-0.25, -0.2) is 0 Å². The van der Waals surface area contributed by atoms with Gasteiger partial charge in [-0.3, -0.25) is 19.5 Å². The molecule has 2 heterocycles. The van der Waals surface area contributed by atoms with Crippen molar-refractivity contribution in [3.63, 3.8) is 0 Å². The van der Waals surface area contributed by atoms with Crippen molar-refractivity contribution in [2.24, 2.45) is 10.8 Å². The lowest BCUT2D eigenvalue weighted by Gasteiger charge is -2.47. The minimum absolute atomic E-state index is 0.0380. The number of allylic oxidation sites excluding steroid dienone is 3. The zero-order chi connectivity index (χ0) is 34.6. The molecule has 0 bridgehead atoms. The number of likely N-dealkylation sites (tertiary alicyclic amines) is 1. The highest BCUT2D eigenvalue weighted by Crippen LogP contribution is 2.53. The fourth-order valence-electron chi connectivity index (χ4n) is 6.52. The number of carbonyl (C=O) groups is 2. The molecule has 3 aromatic rings. The van der Waals surface area contributed by atoms with Crippen molar-refractivity contribution in [1.82, 2.24) is 14.8 Å². The first kappa shape index (κ1) is 34.6. The number of pyridine rings is 1. The molecule has 0 saturated carbocycles. The lowest BCUT2D eigenvalue weighted by Crippen LogP contribution is -2.53. The second-order valence-corrected chi connectivity index (χ2v) is 13.3. The van der Waals surface area contributed by atoms with E-state index in [-0.39, 0.29) is 49.4 Å². The van der Waals surface area contributed by atoms with E-state index in [0.29, 0.717) is 22.4 Å². The quantitative estimate of drug-likeness (QED) is 0.277. The Morgan fingerprint density at radius 1 is 1.12 bits per heavy atom. The van der Waals surface area contributed by atoms with Gasteiger partial charge in [0, 0.05) is 68.6 Å². The number of ether oxygens (including phenoxy) is 2. The van der Waals surface area contributed by atoms with E-state index in [4.69, 9.17) is 21.1 Å². The monoisotopic (exact) mass is 670 g/mol. The van der Waals surface area contributed by atoms with Crippen molar-refractivity contribution in [3.05, 3.63) is 106 Å². The summed E-state index contributed by atoms with van der Waals surface area (Å²) in [6.45, 7) is 4.41. The van der Waals surface area contributed by atoms with E-state index in [1.54, 1.807) is 48.3 Å². The number of benzene rings is 2. The lowest BCUT2D eigenvalue weighted by molar-refractivity contribution is -0.143. The van der Waals surface area contributed by atoms with E-state index < -0.39 is 28.9 Å². The van der Waals surface area contributed by atoms with E-state index in [1.807, 2.05) is 62.4 Å². The highest BCUT2D eigenvalue weighted by Gasteiger charge is 2.54. The van der Waals surface area contributed by atoms with Crippen LogP contribution in [0.15, 0.2) is 79.2 Å². The van der Waals surface area contributed by atoms with E-state index in [1.165, 1.54) is 6.20 Å². The van der Waals surface area contributed by atoms with Crippen molar-refractivity contribution in [1.29, 1.82) is 5.26 Å². The number of amides is 1. The Morgan fingerprint density at radius 3 is 2.56 bits per heavy atom. The SMILES string of the molecule is CN(C)C(=O)C1(COc2cc(OCc3cncc(C#N)c3)c(CN3C[C@H](O)C[C@H]3C(=O)O)cc2Cl)C=CC=C(c2ccccc2)C1(C)C. The molecule has 5 rings (SSSR count). The van der Waals surface area contributed by atoms with Crippen molar-refractivity contribution in [2.45, 2.75) is 45.6 Å². The number of aromatic nitrogens is 1. The van der Waals surface area contributed by atoms with Gasteiger partial charge < -0.3 is 24.6 Å². The third kappa shape index (κ3) is 6.95. The van der Waals surface area contributed by atoms with Crippen LogP contribution in [0, 0.1) is 22.2 Å². The smallest absolute Gasteiger partial charge is 0.321 e. The second-order valence-electron chi connectivity index (χ2n) is 12.9. The Morgan fingerprint density at radius 2 is 1.88 bits per heavy atom. The van der Waals surface area contributed by atoms with Crippen LogP contribution >= 0.6 is 11.6 Å². The van der Waals surface area contributed by atoms with Gasteiger partial charge in [-0.05, 0) is 23.3 Å². The average molecular weight is 671 g/mol. The normalized spacial score (nSPS) is 21.6. The summed E-state index contributed by atoms with van der Waals surface area (Å²) in [4.78, 5) is 33.4. The molecule has 48 heavy (non-hydrogen) atoms. The lowest BCUT2D eigenvalue weighted by atomic mass is 9.58. The number of nitriles is 1.